The maximum atomic E-state index is 8.66. The summed E-state index contributed by atoms with van der Waals surface area (Å²) >= 11 is 0. The Morgan fingerprint density at radius 2 is 2.23 bits per heavy atom. The summed E-state index contributed by atoms with van der Waals surface area (Å²) in [4.78, 5) is 0. The largest absolute Gasteiger partial charge is 0.396 e. The van der Waals surface area contributed by atoms with Crippen LogP contribution < -0.4 is 0 Å². The van der Waals surface area contributed by atoms with E-state index < -0.39 is 0 Å². The first-order valence-electron chi connectivity index (χ1n) is 5.16. The van der Waals surface area contributed by atoms with Crippen LogP contribution in [-0.4, -0.2) is 11.7 Å². The number of unbranched alkanes of at least 4 members (excludes halogenated alkanes) is 1. The predicted octanol–water partition coefficient (Wildman–Crippen LogP) is 3.31. The Hall–Kier alpha value is -0.560. The monoisotopic (exact) mass is 182 g/mol. The second-order valence-electron chi connectivity index (χ2n) is 3.45. The quantitative estimate of drug-likeness (QED) is 0.473. The average molecular weight is 182 g/mol. The van der Waals surface area contributed by atoms with Gasteiger partial charge in [0.1, 0.15) is 0 Å². The van der Waals surface area contributed by atoms with Crippen molar-refractivity contribution < 1.29 is 5.11 Å². The fraction of sp³-hybridized carbons (Fsp3) is 0.667. The summed E-state index contributed by atoms with van der Waals surface area (Å²) < 4.78 is 0. The third kappa shape index (κ3) is 5.64. The van der Waals surface area contributed by atoms with Crippen LogP contribution >= 0.6 is 0 Å². The molecule has 1 atom stereocenters. The summed E-state index contributed by atoms with van der Waals surface area (Å²) in [5.74, 6) is 0.650. The molecule has 0 aliphatic carbocycles. The zero-order valence-corrected chi connectivity index (χ0v) is 8.92. The third-order valence-corrected chi connectivity index (χ3v) is 2.39. The van der Waals surface area contributed by atoms with E-state index in [2.05, 4.69) is 26.5 Å². The van der Waals surface area contributed by atoms with E-state index in [0.29, 0.717) is 12.5 Å². The topological polar surface area (TPSA) is 20.2 Å². The van der Waals surface area contributed by atoms with Crippen molar-refractivity contribution in [3.05, 3.63) is 24.3 Å². The standard InChI is InChI=1S/C12H22O/c1-4-8-12(11(3)5-2)9-6-7-10-13/h4,9,11,13H,1,5-8,10H2,2-3H3/b12-9-. The number of rotatable bonds is 7. The Bertz CT molecular complexity index is 159. The lowest BCUT2D eigenvalue weighted by Crippen LogP contribution is -1.97. The van der Waals surface area contributed by atoms with Crippen molar-refractivity contribution in [2.75, 3.05) is 6.61 Å². The van der Waals surface area contributed by atoms with Gasteiger partial charge >= 0.3 is 0 Å². The van der Waals surface area contributed by atoms with E-state index in [-0.39, 0.29) is 0 Å². The minimum Gasteiger partial charge on any atom is -0.396 e. The van der Waals surface area contributed by atoms with Crippen LogP contribution in [0.5, 0.6) is 0 Å². The maximum absolute atomic E-state index is 8.66. The molecule has 0 rings (SSSR count). The number of aliphatic hydroxyl groups is 1. The van der Waals surface area contributed by atoms with Gasteiger partial charge in [-0.1, -0.05) is 31.6 Å². The fourth-order valence-corrected chi connectivity index (χ4v) is 1.29. The molecule has 0 aromatic heterocycles. The molecule has 1 nitrogen and oxygen atoms in total. The minimum absolute atomic E-state index is 0.290. The Morgan fingerprint density at radius 3 is 2.69 bits per heavy atom. The summed E-state index contributed by atoms with van der Waals surface area (Å²) in [6.07, 6.45) is 8.24. The number of hydrogen-bond donors (Lipinski definition) is 1. The normalized spacial score (nSPS) is 14.2. The van der Waals surface area contributed by atoms with Gasteiger partial charge in [0.25, 0.3) is 0 Å². The molecule has 1 unspecified atom stereocenters. The molecule has 13 heavy (non-hydrogen) atoms. The number of hydrogen-bond acceptors (Lipinski definition) is 1. The lowest BCUT2D eigenvalue weighted by Gasteiger charge is -2.12. The van der Waals surface area contributed by atoms with Gasteiger partial charge in [-0.25, -0.2) is 0 Å². The zero-order chi connectivity index (χ0) is 10.1. The zero-order valence-electron chi connectivity index (χ0n) is 8.92. The highest BCUT2D eigenvalue weighted by molar-refractivity contribution is 5.09. The molecule has 0 amide bonds. The van der Waals surface area contributed by atoms with Crippen molar-refractivity contribution in [1.29, 1.82) is 0 Å². The lowest BCUT2D eigenvalue weighted by molar-refractivity contribution is 0.289. The van der Waals surface area contributed by atoms with Crippen LogP contribution in [-0.2, 0) is 0 Å². The van der Waals surface area contributed by atoms with Gasteiger partial charge in [0.2, 0.25) is 0 Å². The van der Waals surface area contributed by atoms with Crippen LogP contribution in [0.15, 0.2) is 24.3 Å². The van der Waals surface area contributed by atoms with E-state index in [1.54, 1.807) is 0 Å². The molecule has 0 radical (unpaired) electrons. The van der Waals surface area contributed by atoms with Crippen LogP contribution in [0.1, 0.15) is 39.5 Å². The van der Waals surface area contributed by atoms with E-state index in [0.717, 1.165) is 19.3 Å². The Kier molecular flexibility index (Phi) is 7.71. The van der Waals surface area contributed by atoms with E-state index in [4.69, 9.17) is 5.11 Å². The SMILES string of the molecule is C=CC/C(=C/CCCO)C(C)CC. The predicted molar refractivity (Wildman–Crippen MR) is 58.7 cm³/mol. The molecule has 0 aromatic carbocycles. The summed E-state index contributed by atoms with van der Waals surface area (Å²) in [7, 11) is 0. The van der Waals surface area contributed by atoms with Gasteiger partial charge in [0.05, 0.1) is 0 Å². The number of allylic oxidation sites excluding steroid dienone is 3. The van der Waals surface area contributed by atoms with E-state index >= 15 is 0 Å². The summed E-state index contributed by atoms with van der Waals surface area (Å²) in [5, 5.41) is 8.66. The molecular weight excluding hydrogens is 160 g/mol. The van der Waals surface area contributed by atoms with Crippen molar-refractivity contribution in [2.45, 2.75) is 39.5 Å². The smallest absolute Gasteiger partial charge is 0.0433 e. The highest BCUT2D eigenvalue weighted by Gasteiger charge is 2.03. The van der Waals surface area contributed by atoms with Crippen molar-refractivity contribution >= 4 is 0 Å². The molecule has 0 aromatic rings. The first-order valence-corrected chi connectivity index (χ1v) is 5.16. The van der Waals surface area contributed by atoms with Gasteiger partial charge in [-0.05, 0) is 31.6 Å². The second-order valence-corrected chi connectivity index (χ2v) is 3.45. The van der Waals surface area contributed by atoms with Gasteiger partial charge in [0.15, 0.2) is 0 Å². The Balaban J connectivity index is 4.05. The Labute approximate surface area is 82.2 Å². The van der Waals surface area contributed by atoms with Crippen LogP contribution in [0.2, 0.25) is 0 Å². The molecule has 0 spiro atoms. The maximum Gasteiger partial charge on any atom is 0.0433 e. The molecule has 0 aliphatic rings. The first-order chi connectivity index (χ1) is 6.26. The molecule has 0 aliphatic heterocycles. The fourth-order valence-electron chi connectivity index (χ4n) is 1.29. The molecule has 0 fully saturated rings. The van der Waals surface area contributed by atoms with Gasteiger partial charge < -0.3 is 5.11 Å². The molecule has 0 saturated carbocycles. The first kappa shape index (κ1) is 12.4. The van der Waals surface area contributed by atoms with Crippen molar-refractivity contribution in [3.63, 3.8) is 0 Å². The highest BCUT2D eigenvalue weighted by atomic mass is 16.2. The third-order valence-electron chi connectivity index (χ3n) is 2.39. The van der Waals surface area contributed by atoms with Gasteiger partial charge in [-0.2, -0.15) is 0 Å². The van der Waals surface area contributed by atoms with E-state index in [1.165, 1.54) is 12.0 Å². The van der Waals surface area contributed by atoms with Gasteiger partial charge in [0, 0.05) is 6.61 Å². The summed E-state index contributed by atoms with van der Waals surface area (Å²) in [6.45, 7) is 8.49. The van der Waals surface area contributed by atoms with Crippen LogP contribution in [0.3, 0.4) is 0 Å². The van der Waals surface area contributed by atoms with Crippen molar-refractivity contribution in [2.24, 2.45) is 5.92 Å². The molecule has 1 heteroatoms. The Morgan fingerprint density at radius 1 is 1.54 bits per heavy atom. The van der Waals surface area contributed by atoms with Crippen molar-refractivity contribution in [1.82, 2.24) is 0 Å². The van der Waals surface area contributed by atoms with E-state index in [9.17, 15) is 0 Å². The lowest BCUT2D eigenvalue weighted by atomic mass is 9.94. The van der Waals surface area contributed by atoms with Gasteiger partial charge in [-0.3, -0.25) is 0 Å². The number of aliphatic hydroxyl groups excluding tert-OH is 1. The summed E-state index contributed by atoms with van der Waals surface area (Å²) in [6, 6.07) is 0. The van der Waals surface area contributed by atoms with Crippen LogP contribution in [0.25, 0.3) is 0 Å². The average Bonchev–Trinajstić information content (AvgIpc) is 2.16. The van der Waals surface area contributed by atoms with Crippen molar-refractivity contribution in [3.8, 4) is 0 Å². The van der Waals surface area contributed by atoms with E-state index in [1.807, 2.05) is 6.08 Å². The molecule has 76 valence electrons. The van der Waals surface area contributed by atoms with Gasteiger partial charge in [-0.15, -0.1) is 6.58 Å². The molecular formula is C12H22O. The molecule has 0 heterocycles. The highest BCUT2D eigenvalue weighted by Crippen LogP contribution is 2.19. The summed E-state index contributed by atoms with van der Waals surface area (Å²) in [5.41, 5.74) is 1.46. The molecule has 0 saturated heterocycles. The van der Waals surface area contributed by atoms with Crippen LogP contribution in [0, 0.1) is 5.92 Å². The second kappa shape index (κ2) is 8.06. The molecule has 0 bridgehead atoms. The minimum atomic E-state index is 0.290. The van der Waals surface area contributed by atoms with Crippen LogP contribution in [0.4, 0.5) is 0 Å². The molecule has 1 N–H and O–H groups in total.